The number of nitrogens with zero attached hydrogens (tertiary/aromatic N) is 8. The maximum Gasteiger partial charge on any atom is 0.222 e. The number of rotatable bonds is 10. The van der Waals surface area contributed by atoms with Crippen molar-refractivity contribution in [2.24, 2.45) is 40.0 Å². The van der Waals surface area contributed by atoms with Gasteiger partial charge in [0.25, 0.3) is 0 Å². The lowest BCUT2D eigenvalue weighted by Gasteiger charge is -2.12. The maximum atomic E-state index is 4.90. The van der Waals surface area contributed by atoms with Crippen molar-refractivity contribution in [1.29, 1.82) is 0 Å². The fourth-order valence-electron chi connectivity index (χ4n) is 13.3. The molecule has 8 heterocycles. The summed E-state index contributed by atoms with van der Waals surface area (Å²) in [4.78, 5) is 19.0. The quantitative estimate of drug-likeness (QED) is 0.128. The first-order valence-electron chi connectivity index (χ1n) is 34.0. The number of pyridine rings is 8. The van der Waals surface area contributed by atoms with Crippen LogP contribution >= 0.6 is 0 Å². The molecule has 0 saturated carbocycles. The fraction of sp³-hybridized carbons (Fsp3) is 0.349. The Morgan fingerprint density at radius 1 is 0.319 bits per heavy atom. The lowest BCUT2D eigenvalue weighted by molar-refractivity contribution is -0.659. The largest absolute Gasteiger partial charge is 0.261 e. The van der Waals surface area contributed by atoms with Crippen molar-refractivity contribution in [2.75, 3.05) is 0 Å². The Morgan fingerprint density at radius 2 is 0.660 bits per heavy atom. The number of aryl methyl sites for hydroxylation is 12. The van der Waals surface area contributed by atoms with E-state index in [1.807, 2.05) is 12.4 Å². The normalized spacial score (nSPS) is 11.4. The third-order valence-electron chi connectivity index (χ3n) is 18.9. The standard InChI is InChI=1S/2C22H27N2.2C21H25N2/c1-14(2)9-19-12-21-18(13-23-19)7-8-24(6)22(21)20-11-15(3)10-16(4)17(20)5;1-14(2)11-18-7-8-19-21(23-18)9-10-24(6)22(19)20-13-15(3)12-16(4)17(20)5;1-13(2)20-11-19-17(12-22-20)7-8-23(6)21(19)18-10-14(3)9-15(4)16(18)5;1-13(2)19-8-7-17-20(22-19)9-10-23(6)21(17)18-12-14(3)11-15(4)16(18)5/h7-8,10-14H,9H2,1-6H3;7-10,12-14H,11H2,1-6H3;2*7-13H,1-6H3/q4*+1. The zero-order chi connectivity index (χ0) is 68.3. The third kappa shape index (κ3) is 15.3. The molecule has 0 spiro atoms. The van der Waals surface area contributed by atoms with Gasteiger partial charge in [-0.1, -0.05) is 102 Å². The highest BCUT2D eigenvalue weighted by molar-refractivity contribution is 5.96. The zero-order valence-electron chi connectivity index (χ0n) is 61.2. The predicted molar refractivity (Wildman–Crippen MR) is 396 cm³/mol. The molecule has 8 heteroatoms. The summed E-state index contributed by atoms with van der Waals surface area (Å²) in [6, 6.07) is 40.1. The Labute approximate surface area is 562 Å². The van der Waals surface area contributed by atoms with Crippen LogP contribution in [0.25, 0.3) is 88.4 Å². The first-order valence-corrected chi connectivity index (χ1v) is 34.0. The summed E-state index contributed by atoms with van der Waals surface area (Å²) in [6.45, 7) is 44.0. The van der Waals surface area contributed by atoms with E-state index in [-0.39, 0.29) is 0 Å². The summed E-state index contributed by atoms with van der Waals surface area (Å²) in [7, 11) is 8.49. The second-order valence-electron chi connectivity index (χ2n) is 28.5. The molecule has 12 rings (SSSR count). The second-order valence-corrected chi connectivity index (χ2v) is 28.5. The molecule has 0 unspecified atom stereocenters. The van der Waals surface area contributed by atoms with E-state index in [0.29, 0.717) is 23.7 Å². The van der Waals surface area contributed by atoms with Crippen LogP contribution in [0.4, 0.5) is 0 Å². The van der Waals surface area contributed by atoms with Gasteiger partial charge >= 0.3 is 0 Å². The van der Waals surface area contributed by atoms with Crippen LogP contribution in [0.3, 0.4) is 0 Å². The SMILES string of the molecule is Cc1cc(C)c(C)c(-c2c3cc(C(C)C)ncc3cc[n+]2C)c1.Cc1cc(C)c(C)c(-c2c3cc(CC(C)C)ncc3cc[n+]2C)c1.Cc1cc(C)c(C)c(-c2c3ccc(C(C)C)nc3cc[n+]2C)c1.Cc1cc(C)c(C)c(-c2c3ccc(CC(C)C)nc3cc[n+]2C)c1. The van der Waals surface area contributed by atoms with E-state index in [4.69, 9.17) is 9.97 Å². The molecule has 0 radical (unpaired) electrons. The number of fused-ring (bicyclic) bond motifs is 4. The van der Waals surface area contributed by atoms with Gasteiger partial charge in [-0.15, -0.1) is 0 Å². The van der Waals surface area contributed by atoms with Crippen LogP contribution in [0.2, 0.25) is 0 Å². The topological polar surface area (TPSA) is 67.1 Å². The molecule has 8 nitrogen and oxygen atoms in total. The highest BCUT2D eigenvalue weighted by atomic mass is 14.9. The molecular formula is C86H104N8+4. The van der Waals surface area contributed by atoms with E-state index in [1.54, 1.807) is 0 Å². The molecule has 4 aromatic carbocycles. The molecule has 0 saturated heterocycles. The van der Waals surface area contributed by atoms with Crippen LogP contribution in [-0.2, 0) is 41.0 Å². The molecule has 0 atom stereocenters. The van der Waals surface area contributed by atoms with Crippen LogP contribution in [0, 0.1) is 94.9 Å². The lowest BCUT2D eigenvalue weighted by atomic mass is 9.94. The van der Waals surface area contributed by atoms with E-state index in [2.05, 4.69) is 329 Å². The Kier molecular flexibility index (Phi) is 21.6. The minimum Gasteiger partial charge on any atom is -0.261 e. The Balaban J connectivity index is 0.000000148. The van der Waals surface area contributed by atoms with Crippen LogP contribution in [0.5, 0.6) is 0 Å². The second kappa shape index (κ2) is 29.2. The van der Waals surface area contributed by atoms with Gasteiger partial charge in [-0.25, -0.2) is 18.3 Å². The third-order valence-corrected chi connectivity index (χ3v) is 18.9. The Bertz CT molecular complexity index is 4810. The van der Waals surface area contributed by atoms with Crippen LogP contribution in [0.15, 0.2) is 146 Å². The summed E-state index contributed by atoms with van der Waals surface area (Å²) in [5.41, 5.74) is 33.0. The molecular weight excluding hydrogens is 1150 g/mol. The van der Waals surface area contributed by atoms with Gasteiger partial charge in [0.05, 0.1) is 54.8 Å². The Morgan fingerprint density at radius 3 is 1.05 bits per heavy atom. The minimum atomic E-state index is 0.429. The molecule has 0 amide bonds. The van der Waals surface area contributed by atoms with Crippen LogP contribution in [0.1, 0.15) is 157 Å². The molecule has 0 fully saturated rings. The smallest absolute Gasteiger partial charge is 0.222 e. The summed E-state index contributed by atoms with van der Waals surface area (Å²) in [5, 5.41) is 7.41. The van der Waals surface area contributed by atoms with E-state index in [0.717, 1.165) is 35.3 Å². The highest BCUT2D eigenvalue weighted by Crippen LogP contribution is 2.36. The monoisotopic (exact) mass is 1250 g/mol. The number of benzene rings is 4. The van der Waals surface area contributed by atoms with Crippen molar-refractivity contribution in [1.82, 2.24) is 19.9 Å². The Hall–Kier alpha value is -8.88. The van der Waals surface area contributed by atoms with Gasteiger partial charge in [0, 0.05) is 70.2 Å². The van der Waals surface area contributed by atoms with Crippen LogP contribution in [-0.4, -0.2) is 19.9 Å². The molecule has 94 heavy (non-hydrogen) atoms. The average molecular weight is 1250 g/mol. The van der Waals surface area contributed by atoms with Gasteiger partial charge in [-0.05, 0) is 225 Å². The summed E-state index contributed by atoms with van der Waals surface area (Å²) < 4.78 is 8.89. The van der Waals surface area contributed by atoms with Crippen LogP contribution < -0.4 is 18.3 Å². The minimum absolute atomic E-state index is 0.429. The first-order chi connectivity index (χ1) is 44.5. The maximum absolute atomic E-state index is 4.90. The lowest BCUT2D eigenvalue weighted by Crippen LogP contribution is -2.31. The van der Waals surface area contributed by atoms with Crippen molar-refractivity contribution < 1.29 is 18.3 Å². The molecule has 0 bridgehead atoms. The summed E-state index contributed by atoms with van der Waals surface area (Å²) in [6.07, 6.45) is 14.6. The van der Waals surface area contributed by atoms with Crippen molar-refractivity contribution in [2.45, 2.75) is 163 Å². The van der Waals surface area contributed by atoms with E-state index < -0.39 is 0 Å². The fourth-order valence-corrected chi connectivity index (χ4v) is 13.3. The van der Waals surface area contributed by atoms with Gasteiger partial charge < -0.3 is 0 Å². The van der Waals surface area contributed by atoms with Gasteiger partial charge in [0.2, 0.25) is 22.8 Å². The van der Waals surface area contributed by atoms with Crippen molar-refractivity contribution in [3.05, 3.63) is 236 Å². The zero-order valence-corrected chi connectivity index (χ0v) is 61.2. The summed E-state index contributed by atoms with van der Waals surface area (Å²) >= 11 is 0. The average Bonchev–Trinajstić information content (AvgIpc) is 0.793. The predicted octanol–water partition coefficient (Wildman–Crippen LogP) is 19.3. The van der Waals surface area contributed by atoms with E-state index >= 15 is 0 Å². The van der Waals surface area contributed by atoms with Crippen molar-refractivity contribution in [3.8, 4) is 45.0 Å². The number of aromatic nitrogens is 8. The first kappa shape index (κ1) is 69.5. The molecule has 0 N–H and O–H groups in total. The molecule has 8 aromatic heterocycles. The molecule has 484 valence electrons. The van der Waals surface area contributed by atoms with Gasteiger partial charge in [-0.2, -0.15) is 0 Å². The van der Waals surface area contributed by atoms with E-state index in [9.17, 15) is 0 Å². The van der Waals surface area contributed by atoms with Gasteiger partial charge in [0.15, 0.2) is 24.8 Å². The molecule has 0 aliphatic heterocycles. The number of hydrogen-bond donors (Lipinski definition) is 0. The van der Waals surface area contributed by atoms with Crippen molar-refractivity contribution >= 4 is 43.4 Å². The van der Waals surface area contributed by atoms with E-state index in [1.165, 1.54) is 155 Å². The summed E-state index contributed by atoms with van der Waals surface area (Å²) in [5.74, 6) is 2.10. The highest BCUT2D eigenvalue weighted by Gasteiger charge is 2.24. The number of hydrogen-bond acceptors (Lipinski definition) is 4. The molecule has 0 aliphatic carbocycles. The molecule has 12 aromatic rings. The van der Waals surface area contributed by atoms with Gasteiger partial charge in [-0.3, -0.25) is 19.9 Å². The van der Waals surface area contributed by atoms with Crippen molar-refractivity contribution in [3.63, 3.8) is 0 Å². The molecule has 0 aliphatic rings. The van der Waals surface area contributed by atoms with Gasteiger partial charge in [0.1, 0.15) is 28.2 Å².